The fraction of sp³-hybridized carbons (Fsp3) is 0.900. The number of nitrogens with two attached hydrogens (primary N) is 1. The second kappa shape index (κ2) is 4.71. The first-order valence-electron chi connectivity index (χ1n) is 5.45. The van der Waals surface area contributed by atoms with Gasteiger partial charge in [-0.3, -0.25) is 4.79 Å². The molecule has 0 aromatic heterocycles. The zero-order valence-corrected chi connectivity index (χ0v) is 10.8. The lowest BCUT2D eigenvalue weighted by molar-refractivity contribution is -0.132. The van der Waals surface area contributed by atoms with Gasteiger partial charge in [-0.1, -0.05) is 6.92 Å². The van der Waals surface area contributed by atoms with Crippen LogP contribution in [0.2, 0.25) is 0 Å². The normalized spacial score (nSPS) is 28.9. The van der Waals surface area contributed by atoms with Crippen molar-refractivity contribution < 1.29 is 13.2 Å². The summed E-state index contributed by atoms with van der Waals surface area (Å²) in [6.07, 6.45) is 1.97. The van der Waals surface area contributed by atoms with Crippen LogP contribution in [0.25, 0.3) is 0 Å². The standard InChI is InChI=1S/C10H20N2O3S/c1-7-4-9(11)6-12(5-7)10(13)8(2)16(3,14)15/h7-9H,4-6,11H2,1-3H3. The number of hydrogen-bond donors (Lipinski definition) is 1. The number of nitrogens with zero attached hydrogens (tertiary/aromatic N) is 1. The van der Waals surface area contributed by atoms with Gasteiger partial charge < -0.3 is 10.6 Å². The molecule has 1 aliphatic heterocycles. The van der Waals surface area contributed by atoms with E-state index in [4.69, 9.17) is 5.73 Å². The molecule has 1 fully saturated rings. The van der Waals surface area contributed by atoms with E-state index in [1.54, 1.807) is 4.90 Å². The van der Waals surface area contributed by atoms with E-state index in [0.29, 0.717) is 19.0 Å². The lowest BCUT2D eigenvalue weighted by Gasteiger charge is -2.35. The maximum Gasteiger partial charge on any atom is 0.240 e. The van der Waals surface area contributed by atoms with Crippen molar-refractivity contribution in [3.8, 4) is 0 Å². The van der Waals surface area contributed by atoms with Gasteiger partial charge in [-0.2, -0.15) is 0 Å². The minimum absolute atomic E-state index is 0.0422. The quantitative estimate of drug-likeness (QED) is 0.722. The number of likely N-dealkylation sites (tertiary alicyclic amines) is 1. The SMILES string of the molecule is CC1CC(N)CN(C(=O)C(C)S(C)(=O)=O)C1. The second-order valence-electron chi connectivity index (χ2n) is 4.82. The number of carbonyl (C=O) groups excluding carboxylic acids is 1. The van der Waals surface area contributed by atoms with E-state index in [0.717, 1.165) is 12.7 Å². The van der Waals surface area contributed by atoms with E-state index in [9.17, 15) is 13.2 Å². The predicted octanol–water partition coefficient (Wildman–Crippen LogP) is -0.385. The average molecular weight is 248 g/mol. The maximum atomic E-state index is 11.9. The van der Waals surface area contributed by atoms with Crippen molar-refractivity contribution in [2.24, 2.45) is 11.7 Å². The van der Waals surface area contributed by atoms with Crippen LogP contribution in [0.4, 0.5) is 0 Å². The molecular weight excluding hydrogens is 228 g/mol. The van der Waals surface area contributed by atoms with Gasteiger partial charge in [-0.15, -0.1) is 0 Å². The number of carbonyl (C=O) groups is 1. The highest BCUT2D eigenvalue weighted by Gasteiger charge is 2.32. The Morgan fingerprint density at radius 3 is 2.44 bits per heavy atom. The Labute approximate surface area is 96.9 Å². The monoisotopic (exact) mass is 248 g/mol. The summed E-state index contributed by atoms with van der Waals surface area (Å²) >= 11 is 0. The fourth-order valence-electron chi connectivity index (χ4n) is 2.02. The Hall–Kier alpha value is -0.620. The molecule has 1 amide bonds. The van der Waals surface area contributed by atoms with Crippen molar-refractivity contribution in [1.82, 2.24) is 4.90 Å². The summed E-state index contributed by atoms with van der Waals surface area (Å²) in [4.78, 5) is 13.5. The van der Waals surface area contributed by atoms with Gasteiger partial charge in [0.2, 0.25) is 5.91 Å². The molecule has 5 nitrogen and oxygen atoms in total. The Balaban J connectivity index is 2.74. The van der Waals surface area contributed by atoms with Crippen LogP contribution in [0.3, 0.4) is 0 Å². The minimum atomic E-state index is -3.32. The molecular formula is C10H20N2O3S. The molecule has 3 atom stereocenters. The van der Waals surface area contributed by atoms with E-state index < -0.39 is 15.1 Å². The topological polar surface area (TPSA) is 80.5 Å². The number of hydrogen-bond acceptors (Lipinski definition) is 4. The number of amides is 1. The van der Waals surface area contributed by atoms with Crippen molar-refractivity contribution >= 4 is 15.7 Å². The second-order valence-corrected chi connectivity index (χ2v) is 7.18. The molecule has 16 heavy (non-hydrogen) atoms. The first-order valence-corrected chi connectivity index (χ1v) is 7.40. The molecule has 0 aromatic carbocycles. The zero-order chi connectivity index (χ0) is 12.5. The van der Waals surface area contributed by atoms with Gasteiger partial charge in [0.1, 0.15) is 5.25 Å². The van der Waals surface area contributed by atoms with Crippen LogP contribution in [0, 0.1) is 5.92 Å². The fourth-order valence-corrected chi connectivity index (χ4v) is 2.54. The molecule has 1 saturated heterocycles. The van der Waals surface area contributed by atoms with E-state index in [2.05, 4.69) is 0 Å². The van der Waals surface area contributed by atoms with Crippen LogP contribution in [-0.4, -0.2) is 49.9 Å². The van der Waals surface area contributed by atoms with Gasteiger partial charge >= 0.3 is 0 Å². The summed E-state index contributed by atoms with van der Waals surface area (Å²) in [6.45, 7) is 4.52. The van der Waals surface area contributed by atoms with E-state index in [1.807, 2.05) is 6.92 Å². The number of sulfone groups is 1. The van der Waals surface area contributed by atoms with Crippen LogP contribution >= 0.6 is 0 Å². The van der Waals surface area contributed by atoms with Gasteiger partial charge in [0.25, 0.3) is 0 Å². The summed E-state index contributed by atoms with van der Waals surface area (Å²) in [5.41, 5.74) is 5.82. The van der Waals surface area contributed by atoms with Gasteiger partial charge in [0.15, 0.2) is 9.84 Å². The summed E-state index contributed by atoms with van der Waals surface area (Å²) < 4.78 is 22.6. The zero-order valence-electron chi connectivity index (χ0n) is 10.0. The van der Waals surface area contributed by atoms with Gasteiger partial charge in [0.05, 0.1) is 0 Å². The lowest BCUT2D eigenvalue weighted by Crippen LogP contribution is -2.52. The molecule has 1 rings (SSSR count). The van der Waals surface area contributed by atoms with Crippen LogP contribution < -0.4 is 5.73 Å². The Bertz CT molecular complexity index is 356. The highest BCUT2D eigenvalue weighted by Crippen LogP contribution is 2.17. The molecule has 0 saturated carbocycles. The minimum Gasteiger partial charge on any atom is -0.340 e. The van der Waals surface area contributed by atoms with E-state index >= 15 is 0 Å². The molecule has 94 valence electrons. The van der Waals surface area contributed by atoms with Crippen molar-refractivity contribution in [3.63, 3.8) is 0 Å². The molecule has 3 unspecified atom stereocenters. The molecule has 0 aromatic rings. The summed E-state index contributed by atoms with van der Waals surface area (Å²) in [7, 11) is -3.32. The van der Waals surface area contributed by atoms with Gasteiger partial charge in [0, 0.05) is 25.4 Å². The molecule has 0 bridgehead atoms. The van der Waals surface area contributed by atoms with E-state index in [1.165, 1.54) is 6.92 Å². The van der Waals surface area contributed by atoms with Crippen molar-refractivity contribution in [3.05, 3.63) is 0 Å². The first-order chi connectivity index (χ1) is 7.21. The predicted molar refractivity (Wildman–Crippen MR) is 62.6 cm³/mol. The summed E-state index contributed by atoms with van der Waals surface area (Å²) in [5, 5.41) is -0.968. The van der Waals surface area contributed by atoms with Crippen molar-refractivity contribution in [2.75, 3.05) is 19.3 Å². The Morgan fingerprint density at radius 2 is 2.00 bits per heavy atom. The van der Waals surface area contributed by atoms with Gasteiger partial charge in [-0.05, 0) is 19.3 Å². The number of piperidine rings is 1. The molecule has 1 aliphatic rings. The average Bonchev–Trinajstić information content (AvgIpc) is 2.12. The van der Waals surface area contributed by atoms with Crippen LogP contribution in [-0.2, 0) is 14.6 Å². The summed E-state index contributed by atoms with van der Waals surface area (Å²) in [6, 6.07) is -0.0422. The molecule has 6 heteroatoms. The highest BCUT2D eigenvalue weighted by atomic mass is 32.2. The lowest BCUT2D eigenvalue weighted by atomic mass is 9.96. The molecule has 0 radical (unpaired) electrons. The summed E-state index contributed by atoms with van der Waals surface area (Å²) in [5.74, 6) is 0.00367. The molecule has 0 spiro atoms. The van der Waals surface area contributed by atoms with Crippen LogP contribution in [0.5, 0.6) is 0 Å². The largest absolute Gasteiger partial charge is 0.340 e. The smallest absolute Gasteiger partial charge is 0.240 e. The van der Waals surface area contributed by atoms with E-state index in [-0.39, 0.29) is 11.9 Å². The van der Waals surface area contributed by atoms with Crippen molar-refractivity contribution in [2.45, 2.75) is 31.6 Å². The molecule has 1 heterocycles. The first kappa shape index (κ1) is 13.4. The third-order valence-corrected chi connectivity index (χ3v) is 4.48. The third kappa shape index (κ3) is 3.18. The number of rotatable bonds is 2. The Morgan fingerprint density at radius 1 is 1.44 bits per heavy atom. The highest BCUT2D eigenvalue weighted by molar-refractivity contribution is 7.92. The third-order valence-electron chi connectivity index (χ3n) is 2.99. The Kier molecular flexibility index (Phi) is 3.96. The molecule has 0 aliphatic carbocycles. The van der Waals surface area contributed by atoms with Crippen LogP contribution in [0.1, 0.15) is 20.3 Å². The van der Waals surface area contributed by atoms with Gasteiger partial charge in [-0.25, -0.2) is 8.42 Å². The van der Waals surface area contributed by atoms with Crippen molar-refractivity contribution in [1.29, 1.82) is 0 Å². The van der Waals surface area contributed by atoms with Crippen LogP contribution in [0.15, 0.2) is 0 Å². The molecule has 2 N–H and O–H groups in total. The maximum absolute atomic E-state index is 11.9.